The predicted octanol–water partition coefficient (Wildman–Crippen LogP) is 5.84. The van der Waals surface area contributed by atoms with Gasteiger partial charge in [-0.05, 0) is 50.2 Å². The molecule has 4 rings (SSSR count). The highest BCUT2D eigenvalue weighted by Crippen LogP contribution is 2.47. The Morgan fingerprint density at radius 2 is 1.65 bits per heavy atom. The summed E-state index contributed by atoms with van der Waals surface area (Å²) < 4.78 is 33.4. The largest absolute Gasteiger partial charge is 0.737 e. The maximum Gasteiger partial charge on any atom is 0.737 e. The summed E-state index contributed by atoms with van der Waals surface area (Å²) in [4.78, 5) is 0. The van der Waals surface area contributed by atoms with Gasteiger partial charge in [0.1, 0.15) is 5.71 Å². The number of fused-ring (bicyclic) bond motifs is 2. The van der Waals surface area contributed by atoms with E-state index in [9.17, 15) is 0 Å². The lowest BCUT2D eigenvalue weighted by Gasteiger charge is -2.34. The Kier molecular flexibility index (Phi) is 3.77. The fourth-order valence-electron chi connectivity index (χ4n) is 4.27. The van der Waals surface area contributed by atoms with Crippen molar-refractivity contribution in [3.63, 3.8) is 0 Å². The molecule has 26 heavy (non-hydrogen) atoms. The minimum Gasteiger partial charge on any atom is -0.393 e. The molecule has 2 aliphatic heterocycles. The predicted molar refractivity (Wildman–Crippen MR) is 104 cm³/mol. The molecule has 0 unspecified atom stereocenters. The zero-order chi connectivity index (χ0) is 19.0. The molecule has 0 atom stereocenters. The molecule has 0 bridgehead atoms. The van der Waals surface area contributed by atoms with Gasteiger partial charge in [0, 0.05) is 29.8 Å². The topological polar surface area (TPSA) is 7.94 Å². The number of benzene rings is 1. The first-order chi connectivity index (χ1) is 12.2. The molecule has 2 aromatic rings. The van der Waals surface area contributed by atoms with Gasteiger partial charge in [0.05, 0.1) is 15.6 Å². The molecule has 1 aromatic carbocycles. The highest BCUT2D eigenvalue weighted by atomic mass is 35.5. The maximum atomic E-state index is 15.5. The third-order valence-electron chi connectivity index (χ3n) is 5.15. The van der Waals surface area contributed by atoms with Gasteiger partial charge in [-0.25, -0.2) is 0 Å². The van der Waals surface area contributed by atoms with E-state index in [1.165, 1.54) is 0 Å². The van der Waals surface area contributed by atoms with Crippen LogP contribution in [-0.4, -0.2) is 21.6 Å². The highest BCUT2D eigenvalue weighted by molar-refractivity contribution is 6.58. The molecule has 1 aromatic heterocycles. The van der Waals surface area contributed by atoms with E-state index in [1.54, 1.807) is 44.2 Å². The van der Waals surface area contributed by atoms with Crippen LogP contribution in [0, 0.1) is 13.8 Å². The fraction of sp³-hybridized carbons (Fsp3) is 0.211. The number of hydrogen-bond donors (Lipinski definition) is 0. The van der Waals surface area contributed by atoms with Crippen LogP contribution in [0.4, 0.5) is 8.63 Å². The van der Waals surface area contributed by atoms with Crippen LogP contribution in [0.2, 0.25) is 10.0 Å². The zero-order valence-corrected chi connectivity index (χ0v) is 16.4. The minimum atomic E-state index is -4.00. The van der Waals surface area contributed by atoms with E-state index in [4.69, 9.17) is 23.2 Å². The number of aromatic nitrogens is 1. The van der Waals surface area contributed by atoms with Crippen LogP contribution < -0.4 is 0 Å². The molecule has 134 valence electrons. The van der Waals surface area contributed by atoms with E-state index in [1.807, 2.05) is 13.8 Å². The van der Waals surface area contributed by atoms with Crippen molar-refractivity contribution in [2.24, 2.45) is 0 Å². The molecule has 0 N–H and O–H groups in total. The lowest BCUT2D eigenvalue weighted by atomic mass is 9.84. The Hall–Kier alpha value is -1.85. The molecule has 0 aliphatic carbocycles. The third kappa shape index (κ3) is 2.13. The van der Waals surface area contributed by atoms with E-state index in [0.29, 0.717) is 44.0 Å². The standard InChI is InChI=1S/C19H17BCl2F2N2/c1-10-8-12(3)25-18(10)17(16-14(21)6-5-7-15(16)22)19-11(2)9-13(4)26(19)20(25,23)24/h5-9H,1-4H3. The number of hydrogen-bond acceptors (Lipinski definition) is 0. The lowest BCUT2D eigenvalue weighted by Crippen LogP contribution is -2.51. The second-order valence-electron chi connectivity index (χ2n) is 6.93. The molecule has 0 saturated carbocycles. The normalized spacial score (nSPS) is 18.2. The number of rotatable bonds is 1. The average molecular weight is 393 g/mol. The maximum absolute atomic E-state index is 15.5. The molecule has 0 saturated heterocycles. The average Bonchev–Trinajstić information content (AvgIpc) is 2.99. The first kappa shape index (κ1) is 17.6. The number of aryl methyl sites for hydroxylation is 2. The van der Waals surface area contributed by atoms with Crippen LogP contribution in [0.5, 0.6) is 0 Å². The van der Waals surface area contributed by atoms with E-state index in [0.717, 1.165) is 20.1 Å². The lowest BCUT2D eigenvalue weighted by molar-refractivity contribution is -0.363. The third-order valence-corrected chi connectivity index (χ3v) is 5.78. The summed E-state index contributed by atoms with van der Waals surface area (Å²) in [6, 6.07) is 7.01. The van der Waals surface area contributed by atoms with Crippen molar-refractivity contribution >= 4 is 41.5 Å². The molecule has 0 spiro atoms. The molecule has 2 aliphatic rings. The van der Waals surface area contributed by atoms with Crippen molar-refractivity contribution < 1.29 is 13.1 Å². The molecule has 3 heterocycles. The smallest absolute Gasteiger partial charge is 0.393 e. The summed E-state index contributed by atoms with van der Waals surface area (Å²) in [6.45, 7) is 3.10. The van der Waals surface area contributed by atoms with Gasteiger partial charge >= 0.3 is 6.97 Å². The van der Waals surface area contributed by atoms with Gasteiger partial charge < -0.3 is 17.6 Å². The van der Waals surface area contributed by atoms with Gasteiger partial charge in [-0.2, -0.15) is 0 Å². The summed E-state index contributed by atoms with van der Waals surface area (Å²) >= 11 is 13.0. The van der Waals surface area contributed by atoms with Crippen molar-refractivity contribution in [3.8, 4) is 0 Å². The van der Waals surface area contributed by atoms with Crippen LogP contribution in [0.15, 0.2) is 41.6 Å². The Balaban J connectivity index is 2.24. The monoisotopic (exact) mass is 392 g/mol. The van der Waals surface area contributed by atoms with E-state index in [-0.39, 0.29) is 0 Å². The van der Waals surface area contributed by atoms with Crippen molar-refractivity contribution in [2.75, 3.05) is 0 Å². The molecule has 7 heteroatoms. The number of allylic oxidation sites excluding steroid dienone is 2. The number of nitrogens with zero attached hydrogens (tertiary/aromatic N) is 2. The highest BCUT2D eigenvalue weighted by Gasteiger charge is 2.55. The SMILES string of the molecule is CC1=CC(C)=[N+]2C1=C(c1c(Cl)cccc1Cl)c1c(C)cc(C)n1[B-]2(F)F. The zero-order valence-electron chi connectivity index (χ0n) is 14.9. The molecule has 2 nitrogen and oxygen atoms in total. The van der Waals surface area contributed by atoms with E-state index < -0.39 is 6.97 Å². The Morgan fingerprint density at radius 3 is 2.27 bits per heavy atom. The molecular formula is C19H17BCl2F2N2. The van der Waals surface area contributed by atoms with Crippen LogP contribution >= 0.6 is 23.2 Å². The number of halogens is 4. The van der Waals surface area contributed by atoms with Gasteiger partial charge in [-0.1, -0.05) is 29.3 Å². The minimum absolute atomic E-state index is 0.444. The molecule has 0 radical (unpaired) electrons. The van der Waals surface area contributed by atoms with E-state index >= 15 is 8.63 Å². The second-order valence-corrected chi connectivity index (χ2v) is 7.75. The van der Waals surface area contributed by atoms with Crippen molar-refractivity contribution in [1.82, 2.24) is 4.48 Å². The Labute approximate surface area is 161 Å². The van der Waals surface area contributed by atoms with Crippen LogP contribution in [0.3, 0.4) is 0 Å². The first-order valence-electron chi connectivity index (χ1n) is 8.37. The van der Waals surface area contributed by atoms with Crippen molar-refractivity contribution in [2.45, 2.75) is 27.7 Å². The molecule has 0 amide bonds. The van der Waals surface area contributed by atoms with Gasteiger partial charge in [-0.15, -0.1) is 0 Å². The second kappa shape index (κ2) is 5.57. The van der Waals surface area contributed by atoms with E-state index in [2.05, 4.69) is 0 Å². The quantitative estimate of drug-likeness (QED) is 0.538. The summed E-state index contributed by atoms with van der Waals surface area (Å²) in [7, 11) is 0. The molecule has 0 fully saturated rings. The Morgan fingerprint density at radius 1 is 1.04 bits per heavy atom. The summed E-state index contributed by atoms with van der Waals surface area (Å²) in [5, 5.41) is 0.889. The fourth-order valence-corrected chi connectivity index (χ4v) is 4.86. The van der Waals surface area contributed by atoms with Gasteiger partial charge in [0.2, 0.25) is 0 Å². The van der Waals surface area contributed by atoms with Crippen molar-refractivity contribution in [1.29, 1.82) is 0 Å². The van der Waals surface area contributed by atoms with Crippen LogP contribution in [0.25, 0.3) is 5.57 Å². The van der Waals surface area contributed by atoms with Gasteiger partial charge in [0.25, 0.3) is 0 Å². The van der Waals surface area contributed by atoms with Crippen LogP contribution in [0.1, 0.15) is 36.4 Å². The first-order valence-corrected chi connectivity index (χ1v) is 9.13. The Bertz CT molecular complexity index is 1060. The summed E-state index contributed by atoms with van der Waals surface area (Å²) in [5.41, 5.74) is 4.79. The summed E-state index contributed by atoms with van der Waals surface area (Å²) in [5.74, 6) is 0. The van der Waals surface area contributed by atoms with Crippen molar-refractivity contribution in [3.05, 3.63) is 74.2 Å². The summed E-state index contributed by atoms with van der Waals surface area (Å²) in [6.07, 6.45) is 1.78. The van der Waals surface area contributed by atoms with Crippen LogP contribution in [-0.2, 0) is 0 Å². The van der Waals surface area contributed by atoms with Gasteiger partial charge in [0.15, 0.2) is 5.70 Å². The molecular weight excluding hydrogens is 376 g/mol. The van der Waals surface area contributed by atoms with Gasteiger partial charge in [-0.3, -0.25) is 0 Å².